The lowest BCUT2D eigenvalue weighted by molar-refractivity contribution is 0.590. The van der Waals surface area contributed by atoms with Gasteiger partial charge in [-0.05, 0) is 61.2 Å². The summed E-state index contributed by atoms with van der Waals surface area (Å²) in [6.45, 7) is 11.5. The lowest BCUT2D eigenvalue weighted by Gasteiger charge is -2.20. The van der Waals surface area contributed by atoms with E-state index in [0.717, 1.165) is 35.1 Å². The van der Waals surface area contributed by atoms with Crippen LogP contribution in [0.2, 0.25) is 0 Å². The molecule has 0 saturated heterocycles. The van der Waals surface area contributed by atoms with Crippen LogP contribution in [0.4, 0.5) is 28.8 Å². The van der Waals surface area contributed by atoms with E-state index in [0.29, 0.717) is 5.95 Å². The van der Waals surface area contributed by atoms with Gasteiger partial charge in [0.1, 0.15) is 5.82 Å². The summed E-state index contributed by atoms with van der Waals surface area (Å²) in [4.78, 5) is 11.3. The Hall–Kier alpha value is -3.54. The number of allylic oxidation sites excluding steroid dienone is 1. The minimum Gasteiger partial charge on any atom is -0.370 e. The summed E-state index contributed by atoms with van der Waals surface area (Å²) in [5.74, 6) is 1.36. The van der Waals surface area contributed by atoms with Crippen LogP contribution in [0.1, 0.15) is 38.8 Å². The summed E-state index contributed by atoms with van der Waals surface area (Å²) >= 11 is 0. The third-order valence-corrected chi connectivity index (χ3v) is 5.30. The van der Waals surface area contributed by atoms with E-state index in [1.165, 1.54) is 11.3 Å². The summed E-state index contributed by atoms with van der Waals surface area (Å²) < 4.78 is 0. The van der Waals surface area contributed by atoms with Crippen molar-refractivity contribution in [2.75, 3.05) is 22.2 Å². The average Bonchev–Trinajstić information content (AvgIpc) is 3.17. The molecule has 0 aliphatic carbocycles. The van der Waals surface area contributed by atoms with Gasteiger partial charge in [0, 0.05) is 40.7 Å². The number of hydrogen-bond acceptors (Lipinski definition) is 6. The molecule has 1 aromatic heterocycles. The molecule has 3 N–H and O–H groups in total. The third-order valence-electron chi connectivity index (χ3n) is 5.30. The summed E-state index contributed by atoms with van der Waals surface area (Å²) in [7, 11) is 0. The van der Waals surface area contributed by atoms with Gasteiger partial charge < -0.3 is 20.9 Å². The van der Waals surface area contributed by atoms with E-state index < -0.39 is 0 Å². The number of aryl methyl sites for hydroxylation is 1. The maximum atomic E-state index is 4.70. The number of benzene rings is 2. The zero-order valence-electron chi connectivity index (χ0n) is 18.8. The zero-order valence-corrected chi connectivity index (χ0v) is 18.8. The SMILES string of the molecule is CC1=CN(c2ccc(Nc3ncc(C)c(Nc4cccc(C(C)(C)C)c4)n3)cc2)CN1. The molecule has 0 atom stereocenters. The highest BCUT2D eigenvalue weighted by Crippen LogP contribution is 2.27. The molecule has 0 amide bonds. The van der Waals surface area contributed by atoms with Crippen LogP contribution in [-0.4, -0.2) is 16.6 Å². The minimum absolute atomic E-state index is 0.0942. The van der Waals surface area contributed by atoms with E-state index in [1.54, 1.807) is 0 Å². The number of anilines is 5. The first kappa shape index (κ1) is 20.7. The van der Waals surface area contributed by atoms with Crippen LogP contribution >= 0.6 is 0 Å². The van der Waals surface area contributed by atoms with Crippen molar-refractivity contribution in [2.24, 2.45) is 0 Å². The molecule has 2 aromatic carbocycles. The van der Waals surface area contributed by atoms with E-state index in [4.69, 9.17) is 4.98 Å². The molecule has 6 heteroatoms. The van der Waals surface area contributed by atoms with Crippen LogP contribution in [0.5, 0.6) is 0 Å². The molecule has 31 heavy (non-hydrogen) atoms. The van der Waals surface area contributed by atoms with Crippen LogP contribution < -0.4 is 20.9 Å². The van der Waals surface area contributed by atoms with Gasteiger partial charge in [-0.1, -0.05) is 32.9 Å². The number of nitrogens with one attached hydrogen (secondary N) is 3. The second kappa shape index (κ2) is 8.30. The predicted molar refractivity (Wildman–Crippen MR) is 129 cm³/mol. The fraction of sp³-hybridized carbons (Fsp3) is 0.280. The Morgan fingerprint density at radius 2 is 1.74 bits per heavy atom. The molecule has 0 unspecified atom stereocenters. The average molecular weight is 415 g/mol. The second-order valence-corrected chi connectivity index (χ2v) is 8.97. The fourth-order valence-electron chi connectivity index (χ4n) is 3.40. The first-order valence-corrected chi connectivity index (χ1v) is 10.6. The van der Waals surface area contributed by atoms with Crippen molar-refractivity contribution in [1.82, 2.24) is 15.3 Å². The number of hydrogen-bond donors (Lipinski definition) is 3. The van der Waals surface area contributed by atoms with Crippen molar-refractivity contribution in [3.63, 3.8) is 0 Å². The number of rotatable bonds is 5. The Morgan fingerprint density at radius 3 is 2.42 bits per heavy atom. The predicted octanol–water partition coefficient (Wildman–Crippen LogP) is 5.80. The Bertz CT molecular complexity index is 1100. The van der Waals surface area contributed by atoms with Crippen molar-refractivity contribution < 1.29 is 0 Å². The molecule has 0 saturated carbocycles. The monoisotopic (exact) mass is 414 g/mol. The molecule has 0 bridgehead atoms. The lowest BCUT2D eigenvalue weighted by Crippen LogP contribution is -2.20. The highest BCUT2D eigenvalue weighted by atomic mass is 15.3. The van der Waals surface area contributed by atoms with Gasteiger partial charge in [-0.2, -0.15) is 4.98 Å². The molecule has 6 nitrogen and oxygen atoms in total. The van der Waals surface area contributed by atoms with E-state index in [1.807, 2.05) is 25.3 Å². The van der Waals surface area contributed by atoms with Gasteiger partial charge in [-0.25, -0.2) is 4.98 Å². The third kappa shape index (κ3) is 4.97. The minimum atomic E-state index is 0.0942. The van der Waals surface area contributed by atoms with Gasteiger partial charge in [0.25, 0.3) is 0 Å². The Morgan fingerprint density at radius 1 is 0.968 bits per heavy atom. The largest absolute Gasteiger partial charge is 0.370 e. The molecule has 2 heterocycles. The highest BCUT2D eigenvalue weighted by molar-refractivity contribution is 5.64. The first-order chi connectivity index (χ1) is 14.8. The van der Waals surface area contributed by atoms with Crippen molar-refractivity contribution in [1.29, 1.82) is 0 Å². The van der Waals surface area contributed by atoms with Crippen molar-refractivity contribution >= 4 is 28.8 Å². The summed E-state index contributed by atoms with van der Waals surface area (Å²) in [6, 6.07) is 16.7. The van der Waals surface area contributed by atoms with Crippen LogP contribution in [0.15, 0.2) is 66.6 Å². The zero-order chi connectivity index (χ0) is 22.0. The van der Waals surface area contributed by atoms with Crippen molar-refractivity contribution in [3.05, 3.63) is 77.8 Å². The molecule has 1 aliphatic heterocycles. The maximum Gasteiger partial charge on any atom is 0.229 e. The van der Waals surface area contributed by atoms with Crippen LogP contribution in [0.25, 0.3) is 0 Å². The molecule has 4 rings (SSSR count). The van der Waals surface area contributed by atoms with E-state index in [9.17, 15) is 0 Å². The Kier molecular flexibility index (Phi) is 5.55. The molecule has 0 radical (unpaired) electrons. The molecular formula is C25H30N6. The van der Waals surface area contributed by atoms with Gasteiger partial charge in [0.15, 0.2) is 0 Å². The Balaban J connectivity index is 1.49. The van der Waals surface area contributed by atoms with Crippen LogP contribution in [0, 0.1) is 6.92 Å². The van der Waals surface area contributed by atoms with E-state index >= 15 is 0 Å². The summed E-state index contributed by atoms with van der Waals surface area (Å²) in [5.41, 5.74) is 6.64. The number of nitrogens with zero attached hydrogens (tertiary/aromatic N) is 3. The number of aromatic nitrogens is 2. The summed E-state index contributed by atoms with van der Waals surface area (Å²) in [6.07, 6.45) is 3.95. The quantitative estimate of drug-likeness (QED) is 0.490. The molecular weight excluding hydrogens is 384 g/mol. The maximum absolute atomic E-state index is 4.70. The van der Waals surface area contributed by atoms with E-state index in [2.05, 4.69) is 96.1 Å². The normalized spacial score (nSPS) is 13.6. The molecule has 1 aliphatic rings. The molecule has 3 aromatic rings. The van der Waals surface area contributed by atoms with Crippen LogP contribution in [0.3, 0.4) is 0 Å². The molecule has 160 valence electrons. The fourth-order valence-corrected chi connectivity index (χ4v) is 3.40. The van der Waals surface area contributed by atoms with Crippen LogP contribution in [-0.2, 0) is 5.41 Å². The summed E-state index contributed by atoms with van der Waals surface area (Å²) in [5, 5.41) is 10.1. The van der Waals surface area contributed by atoms with Gasteiger partial charge in [-0.15, -0.1) is 0 Å². The van der Waals surface area contributed by atoms with Gasteiger partial charge in [0.05, 0.1) is 6.67 Å². The second-order valence-electron chi connectivity index (χ2n) is 8.97. The standard InChI is InChI=1S/C25H30N6/c1-17-14-26-24(29-20-9-11-22(12-10-20)31-15-18(2)27-16-31)30-23(17)28-21-8-6-7-19(13-21)25(3,4)5/h6-15,27H,16H2,1-5H3,(H2,26,28,29,30). The van der Waals surface area contributed by atoms with Gasteiger partial charge >= 0.3 is 0 Å². The van der Waals surface area contributed by atoms with Gasteiger partial charge in [0.2, 0.25) is 5.95 Å². The molecule has 0 spiro atoms. The van der Waals surface area contributed by atoms with Crippen molar-refractivity contribution in [3.8, 4) is 0 Å². The highest BCUT2D eigenvalue weighted by Gasteiger charge is 2.14. The first-order valence-electron chi connectivity index (χ1n) is 10.6. The van der Waals surface area contributed by atoms with E-state index in [-0.39, 0.29) is 5.41 Å². The topological polar surface area (TPSA) is 65.1 Å². The van der Waals surface area contributed by atoms with Crippen molar-refractivity contribution in [2.45, 2.75) is 40.0 Å². The molecule has 0 fully saturated rings. The van der Waals surface area contributed by atoms with Gasteiger partial charge in [-0.3, -0.25) is 0 Å². The lowest BCUT2D eigenvalue weighted by atomic mass is 9.87. The smallest absolute Gasteiger partial charge is 0.229 e. The Labute approximate surface area is 184 Å².